The molecule has 0 atom stereocenters. The van der Waals surface area contributed by atoms with Crippen molar-refractivity contribution in [1.29, 1.82) is 0 Å². The number of ether oxygens (including phenoxy) is 3. The Balaban J connectivity index is 1.76. The lowest BCUT2D eigenvalue weighted by Gasteiger charge is -2.34. The standard InChI is InChI=1S/C20H23BrN2O6S/c1-27-17-11-14(12-18(28-2)19(17)29-3)20(24)22-7-9-23(10-8-22)30(25,26)16-6-4-5-15(21)13-16/h4-6,11-13H,7-10H2,1-3H3. The number of sulfonamides is 1. The summed E-state index contributed by atoms with van der Waals surface area (Å²) in [6.07, 6.45) is 0. The highest BCUT2D eigenvalue weighted by atomic mass is 79.9. The summed E-state index contributed by atoms with van der Waals surface area (Å²) in [4.78, 5) is 14.8. The largest absolute Gasteiger partial charge is 0.493 e. The Morgan fingerprint density at radius 2 is 1.53 bits per heavy atom. The van der Waals surface area contributed by atoms with Gasteiger partial charge < -0.3 is 19.1 Å². The van der Waals surface area contributed by atoms with Crippen molar-refractivity contribution in [3.05, 3.63) is 46.4 Å². The highest BCUT2D eigenvalue weighted by Gasteiger charge is 2.31. The predicted molar refractivity (Wildman–Crippen MR) is 115 cm³/mol. The fraction of sp³-hybridized carbons (Fsp3) is 0.350. The van der Waals surface area contributed by atoms with Crippen LogP contribution in [-0.2, 0) is 10.0 Å². The van der Waals surface area contributed by atoms with Crippen LogP contribution in [0.3, 0.4) is 0 Å². The lowest BCUT2D eigenvalue weighted by molar-refractivity contribution is 0.0697. The summed E-state index contributed by atoms with van der Waals surface area (Å²) < 4.78 is 43.8. The first-order valence-electron chi connectivity index (χ1n) is 9.16. The first-order valence-corrected chi connectivity index (χ1v) is 11.4. The Morgan fingerprint density at radius 1 is 0.933 bits per heavy atom. The molecule has 1 heterocycles. The Labute approximate surface area is 184 Å². The van der Waals surface area contributed by atoms with E-state index in [1.54, 1.807) is 41.3 Å². The monoisotopic (exact) mass is 498 g/mol. The van der Waals surface area contributed by atoms with Gasteiger partial charge >= 0.3 is 0 Å². The molecule has 30 heavy (non-hydrogen) atoms. The van der Waals surface area contributed by atoms with Crippen molar-refractivity contribution < 1.29 is 27.4 Å². The Bertz CT molecular complexity index is 1010. The summed E-state index contributed by atoms with van der Waals surface area (Å²) in [7, 11) is 0.840. The van der Waals surface area contributed by atoms with Gasteiger partial charge in [-0.25, -0.2) is 8.42 Å². The molecule has 2 aromatic rings. The molecule has 0 aliphatic carbocycles. The number of amides is 1. The van der Waals surface area contributed by atoms with Crippen LogP contribution < -0.4 is 14.2 Å². The van der Waals surface area contributed by atoms with E-state index in [0.29, 0.717) is 27.3 Å². The third-order valence-corrected chi connectivity index (χ3v) is 7.26. The molecule has 8 nitrogen and oxygen atoms in total. The van der Waals surface area contributed by atoms with Crippen molar-refractivity contribution >= 4 is 31.9 Å². The number of hydrogen-bond acceptors (Lipinski definition) is 6. The van der Waals surface area contributed by atoms with Gasteiger partial charge in [0.1, 0.15) is 0 Å². The lowest BCUT2D eigenvalue weighted by Crippen LogP contribution is -2.50. The molecule has 1 saturated heterocycles. The quantitative estimate of drug-likeness (QED) is 0.608. The lowest BCUT2D eigenvalue weighted by atomic mass is 10.1. The average molecular weight is 499 g/mol. The number of halogens is 1. The second kappa shape index (κ2) is 9.23. The number of piperazine rings is 1. The van der Waals surface area contributed by atoms with Crippen molar-refractivity contribution in [2.24, 2.45) is 0 Å². The zero-order valence-electron chi connectivity index (χ0n) is 16.9. The van der Waals surface area contributed by atoms with Gasteiger partial charge in [-0.3, -0.25) is 4.79 Å². The summed E-state index contributed by atoms with van der Waals surface area (Å²) >= 11 is 3.30. The van der Waals surface area contributed by atoms with Crippen LogP contribution in [-0.4, -0.2) is 71.0 Å². The molecule has 0 radical (unpaired) electrons. The van der Waals surface area contributed by atoms with Gasteiger partial charge in [-0.05, 0) is 30.3 Å². The molecule has 10 heteroatoms. The minimum atomic E-state index is -3.62. The fourth-order valence-electron chi connectivity index (χ4n) is 3.30. The van der Waals surface area contributed by atoms with Crippen molar-refractivity contribution in [3.63, 3.8) is 0 Å². The van der Waals surface area contributed by atoms with Gasteiger partial charge in [-0.15, -0.1) is 0 Å². The molecular formula is C20H23BrN2O6S. The maximum Gasteiger partial charge on any atom is 0.254 e. The number of carbonyl (C=O) groups is 1. The topological polar surface area (TPSA) is 85.4 Å². The molecule has 1 aliphatic rings. The summed E-state index contributed by atoms with van der Waals surface area (Å²) in [6.45, 7) is 0.988. The van der Waals surface area contributed by atoms with Gasteiger partial charge in [0.25, 0.3) is 5.91 Å². The van der Waals surface area contributed by atoms with E-state index in [0.717, 1.165) is 0 Å². The van der Waals surface area contributed by atoms with Crippen LogP contribution >= 0.6 is 15.9 Å². The molecule has 162 valence electrons. The highest BCUT2D eigenvalue weighted by Crippen LogP contribution is 2.38. The van der Waals surface area contributed by atoms with Gasteiger partial charge in [0.05, 0.1) is 26.2 Å². The molecule has 0 aromatic heterocycles. The van der Waals surface area contributed by atoms with E-state index in [1.165, 1.54) is 25.6 Å². The Hall–Kier alpha value is -2.30. The van der Waals surface area contributed by atoms with Crippen molar-refractivity contribution in [1.82, 2.24) is 9.21 Å². The van der Waals surface area contributed by atoms with Crippen molar-refractivity contribution in [2.45, 2.75) is 4.90 Å². The molecule has 1 amide bonds. The summed E-state index contributed by atoms with van der Waals surface area (Å²) in [5.74, 6) is 0.947. The fourth-order valence-corrected chi connectivity index (χ4v) is 5.31. The van der Waals surface area contributed by atoms with E-state index in [1.807, 2.05) is 0 Å². The number of carbonyl (C=O) groups excluding carboxylic acids is 1. The summed E-state index contributed by atoms with van der Waals surface area (Å²) in [6, 6.07) is 9.77. The van der Waals surface area contributed by atoms with Crippen LogP contribution in [0.1, 0.15) is 10.4 Å². The van der Waals surface area contributed by atoms with Crippen LogP contribution in [0.25, 0.3) is 0 Å². The molecule has 0 saturated carbocycles. The van der Waals surface area contributed by atoms with E-state index in [-0.39, 0.29) is 37.0 Å². The van der Waals surface area contributed by atoms with Gasteiger partial charge in [-0.2, -0.15) is 4.31 Å². The Morgan fingerprint density at radius 3 is 2.03 bits per heavy atom. The molecule has 0 bridgehead atoms. The maximum absolute atomic E-state index is 13.0. The second-order valence-corrected chi connectivity index (χ2v) is 9.42. The molecule has 0 spiro atoms. The summed E-state index contributed by atoms with van der Waals surface area (Å²) in [5, 5.41) is 0. The predicted octanol–water partition coefficient (Wildman–Crippen LogP) is 2.62. The van der Waals surface area contributed by atoms with Crippen LogP contribution in [0, 0.1) is 0 Å². The zero-order valence-corrected chi connectivity index (χ0v) is 19.3. The maximum atomic E-state index is 13.0. The van der Waals surface area contributed by atoms with Crippen LogP contribution in [0.2, 0.25) is 0 Å². The van der Waals surface area contributed by atoms with Gasteiger partial charge in [0.2, 0.25) is 15.8 Å². The minimum Gasteiger partial charge on any atom is -0.493 e. The van der Waals surface area contributed by atoms with Crippen LogP contribution in [0.4, 0.5) is 0 Å². The van der Waals surface area contributed by atoms with Crippen LogP contribution in [0.15, 0.2) is 45.8 Å². The first kappa shape index (κ1) is 22.4. The number of hydrogen-bond donors (Lipinski definition) is 0. The van der Waals surface area contributed by atoms with Crippen molar-refractivity contribution in [2.75, 3.05) is 47.5 Å². The molecule has 2 aromatic carbocycles. The molecule has 3 rings (SSSR count). The van der Waals surface area contributed by atoms with Gasteiger partial charge in [0.15, 0.2) is 11.5 Å². The van der Waals surface area contributed by atoms with Crippen LogP contribution in [0.5, 0.6) is 17.2 Å². The minimum absolute atomic E-state index is 0.213. The zero-order chi connectivity index (χ0) is 21.9. The van der Waals surface area contributed by atoms with E-state index >= 15 is 0 Å². The third kappa shape index (κ3) is 4.40. The van der Waals surface area contributed by atoms with E-state index in [9.17, 15) is 13.2 Å². The smallest absolute Gasteiger partial charge is 0.254 e. The molecular weight excluding hydrogens is 476 g/mol. The van der Waals surface area contributed by atoms with E-state index in [4.69, 9.17) is 14.2 Å². The Kier molecular flexibility index (Phi) is 6.89. The number of methoxy groups -OCH3 is 3. The SMILES string of the molecule is COc1cc(C(=O)N2CCN(S(=O)(=O)c3cccc(Br)c3)CC2)cc(OC)c1OC. The highest BCUT2D eigenvalue weighted by molar-refractivity contribution is 9.10. The number of benzene rings is 2. The first-order chi connectivity index (χ1) is 14.3. The molecule has 0 unspecified atom stereocenters. The van der Waals surface area contributed by atoms with Gasteiger partial charge in [-0.1, -0.05) is 22.0 Å². The third-order valence-electron chi connectivity index (χ3n) is 4.87. The molecule has 1 fully saturated rings. The van der Waals surface area contributed by atoms with Crippen molar-refractivity contribution in [3.8, 4) is 17.2 Å². The summed E-state index contributed by atoms with van der Waals surface area (Å²) in [5.41, 5.74) is 0.382. The number of nitrogens with zero attached hydrogens (tertiary/aromatic N) is 2. The average Bonchev–Trinajstić information content (AvgIpc) is 2.77. The molecule has 1 aliphatic heterocycles. The number of rotatable bonds is 6. The molecule has 0 N–H and O–H groups in total. The normalized spacial score (nSPS) is 15.0. The van der Waals surface area contributed by atoms with Gasteiger partial charge in [0, 0.05) is 36.2 Å². The van der Waals surface area contributed by atoms with E-state index < -0.39 is 10.0 Å². The van der Waals surface area contributed by atoms with E-state index in [2.05, 4.69) is 15.9 Å². The second-order valence-electron chi connectivity index (χ2n) is 6.57.